The Morgan fingerprint density at radius 1 is 1.16 bits per heavy atom. The first kappa shape index (κ1) is 14.5. The maximum Gasteiger partial charge on any atom is 0.0544 e. The summed E-state index contributed by atoms with van der Waals surface area (Å²) in [6.45, 7) is 1.66. The molecule has 0 aromatic carbocycles. The summed E-state index contributed by atoms with van der Waals surface area (Å²) in [6, 6.07) is 6.13. The molecule has 0 unspecified atom stereocenters. The second-order valence-corrected chi connectivity index (χ2v) is 5.87. The zero-order chi connectivity index (χ0) is 13.6. The molecule has 0 amide bonds. The summed E-state index contributed by atoms with van der Waals surface area (Å²) in [6.07, 6.45) is 11.1. The van der Waals surface area contributed by atoms with Crippen LogP contribution in [0.5, 0.6) is 0 Å². The molecule has 0 atom stereocenters. The topological polar surface area (TPSA) is 42.2 Å². The summed E-state index contributed by atoms with van der Waals surface area (Å²) in [5.41, 5.74) is 7.47. The zero-order valence-corrected chi connectivity index (χ0v) is 12.1. The number of pyridine rings is 1. The molecule has 106 valence electrons. The number of hydrogen-bond donors (Lipinski definition) is 1. The molecule has 1 aromatic heterocycles. The van der Waals surface area contributed by atoms with E-state index >= 15 is 0 Å². The largest absolute Gasteiger partial charge is 0.329 e. The predicted octanol–water partition coefficient (Wildman–Crippen LogP) is 2.96. The Morgan fingerprint density at radius 3 is 2.42 bits per heavy atom. The Balaban J connectivity index is 2.05. The van der Waals surface area contributed by atoms with Crippen molar-refractivity contribution >= 4 is 0 Å². The van der Waals surface area contributed by atoms with Gasteiger partial charge in [0.15, 0.2) is 0 Å². The van der Waals surface area contributed by atoms with E-state index < -0.39 is 0 Å². The standard InChI is InChI=1S/C16H27N3/c1-19(13-15-9-5-8-12-18-15)16(14-17)10-6-3-2-4-7-11-16/h5,8-9,12H,2-4,6-7,10-11,13-14,17H2,1H3. The number of nitrogens with zero attached hydrogens (tertiary/aromatic N) is 2. The van der Waals surface area contributed by atoms with Crippen LogP contribution in [0.4, 0.5) is 0 Å². The number of likely N-dealkylation sites (N-methyl/N-ethyl adjacent to an activating group) is 1. The first-order valence-corrected chi connectivity index (χ1v) is 7.58. The lowest BCUT2D eigenvalue weighted by Crippen LogP contribution is -2.52. The van der Waals surface area contributed by atoms with Gasteiger partial charge in [0.1, 0.15) is 0 Å². The van der Waals surface area contributed by atoms with Crippen LogP contribution in [-0.4, -0.2) is 29.0 Å². The van der Waals surface area contributed by atoms with Gasteiger partial charge < -0.3 is 5.73 Å². The molecular weight excluding hydrogens is 234 g/mol. The van der Waals surface area contributed by atoms with Gasteiger partial charge in [-0.3, -0.25) is 9.88 Å². The molecular formula is C16H27N3. The van der Waals surface area contributed by atoms with E-state index in [1.165, 1.54) is 44.9 Å². The van der Waals surface area contributed by atoms with Gasteiger partial charge in [0, 0.05) is 24.8 Å². The first-order valence-electron chi connectivity index (χ1n) is 7.58. The summed E-state index contributed by atoms with van der Waals surface area (Å²) in [5.74, 6) is 0. The van der Waals surface area contributed by atoms with Crippen molar-refractivity contribution in [3.63, 3.8) is 0 Å². The number of nitrogens with two attached hydrogens (primary N) is 1. The number of rotatable bonds is 4. The van der Waals surface area contributed by atoms with Gasteiger partial charge in [0.05, 0.1) is 5.69 Å². The number of aromatic nitrogens is 1. The maximum absolute atomic E-state index is 6.15. The van der Waals surface area contributed by atoms with E-state index in [0.29, 0.717) is 0 Å². The monoisotopic (exact) mass is 261 g/mol. The summed E-state index contributed by atoms with van der Waals surface area (Å²) in [5, 5.41) is 0. The fraction of sp³-hybridized carbons (Fsp3) is 0.688. The summed E-state index contributed by atoms with van der Waals surface area (Å²) in [7, 11) is 2.21. The Hall–Kier alpha value is -0.930. The highest BCUT2D eigenvalue weighted by Crippen LogP contribution is 2.31. The minimum Gasteiger partial charge on any atom is -0.329 e. The smallest absolute Gasteiger partial charge is 0.0544 e. The van der Waals surface area contributed by atoms with Crippen LogP contribution in [-0.2, 0) is 6.54 Å². The fourth-order valence-electron chi connectivity index (χ4n) is 3.21. The molecule has 3 nitrogen and oxygen atoms in total. The van der Waals surface area contributed by atoms with Gasteiger partial charge in [-0.1, -0.05) is 38.2 Å². The molecule has 0 aliphatic heterocycles. The van der Waals surface area contributed by atoms with Gasteiger partial charge in [0.2, 0.25) is 0 Å². The molecule has 1 aliphatic carbocycles. The predicted molar refractivity (Wildman–Crippen MR) is 79.8 cm³/mol. The van der Waals surface area contributed by atoms with Crippen LogP contribution in [0, 0.1) is 0 Å². The number of hydrogen-bond acceptors (Lipinski definition) is 3. The third-order valence-electron chi connectivity index (χ3n) is 4.60. The van der Waals surface area contributed by atoms with Crippen molar-refractivity contribution in [1.29, 1.82) is 0 Å². The van der Waals surface area contributed by atoms with Crippen LogP contribution in [0.2, 0.25) is 0 Å². The first-order chi connectivity index (χ1) is 9.27. The highest BCUT2D eigenvalue weighted by Gasteiger charge is 2.33. The molecule has 1 aliphatic rings. The molecule has 2 rings (SSSR count). The third-order valence-corrected chi connectivity index (χ3v) is 4.60. The SMILES string of the molecule is CN(Cc1ccccn1)C1(CN)CCCCCCC1. The van der Waals surface area contributed by atoms with Gasteiger partial charge >= 0.3 is 0 Å². The lowest BCUT2D eigenvalue weighted by molar-refractivity contribution is 0.0853. The zero-order valence-electron chi connectivity index (χ0n) is 12.1. The van der Waals surface area contributed by atoms with Crippen LogP contribution in [0.15, 0.2) is 24.4 Å². The van der Waals surface area contributed by atoms with Crippen LogP contribution in [0.3, 0.4) is 0 Å². The second kappa shape index (κ2) is 7.01. The van der Waals surface area contributed by atoms with E-state index in [1.807, 2.05) is 12.3 Å². The molecule has 1 aromatic rings. The van der Waals surface area contributed by atoms with Crippen molar-refractivity contribution in [2.24, 2.45) is 5.73 Å². The van der Waals surface area contributed by atoms with E-state index in [-0.39, 0.29) is 5.54 Å². The van der Waals surface area contributed by atoms with Crippen LogP contribution in [0.25, 0.3) is 0 Å². The molecule has 2 N–H and O–H groups in total. The normalized spacial score (nSPS) is 19.9. The third kappa shape index (κ3) is 3.77. The van der Waals surface area contributed by atoms with Crippen molar-refractivity contribution in [3.05, 3.63) is 30.1 Å². The second-order valence-electron chi connectivity index (χ2n) is 5.87. The van der Waals surface area contributed by atoms with E-state index in [9.17, 15) is 0 Å². The highest BCUT2D eigenvalue weighted by atomic mass is 15.2. The molecule has 1 saturated carbocycles. The Kier molecular flexibility index (Phi) is 5.34. The molecule has 0 radical (unpaired) electrons. The minimum absolute atomic E-state index is 0.179. The van der Waals surface area contributed by atoms with Crippen molar-refractivity contribution < 1.29 is 0 Å². The Morgan fingerprint density at radius 2 is 1.84 bits per heavy atom. The molecule has 1 fully saturated rings. The van der Waals surface area contributed by atoms with Crippen LogP contribution >= 0.6 is 0 Å². The van der Waals surface area contributed by atoms with Crippen molar-refractivity contribution in [2.75, 3.05) is 13.6 Å². The highest BCUT2D eigenvalue weighted by molar-refractivity contribution is 5.05. The van der Waals surface area contributed by atoms with E-state index in [4.69, 9.17) is 5.73 Å². The van der Waals surface area contributed by atoms with Gasteiger partial charge in [-0.05, 0) is 32.0 Å². The van der Waals surface area contributed by atoms with Crippen LogP contribution in [0.1, 0.15) is 50.6 Å². The summed E-state index contributed by atoms with van der Waals surface area (Å²) in [4.78, 5) is 6.88. The molecule has 1 heterocycles. The quantitative estimate of drug-likeness (QED) is 0.906. The van der Waals surface area contributed by atoms with Crippen molar-refractivity contribution in [2.45, 2.75) is 57.0 Å². The minimum atomic E-state index is 0.179. The summed E-state index contributed by atoms with van der Waals surface area (Å²) >= 11 is 0. The molecule has 3 heteroatoms. The van der Waals surface area contributed by atoms with E-state index in [0.717, 1.165) is 18.8 Å². The Labute approximate surface area is 117 Å². The molecule has 0 bridgehead atoms. The lowest BCUT2D eigenvalue weighted by Gasteiger charge is -2.42. The molecule has 0 spiro atoms. The van der Waals surface area contributed by atoms with Crippen LogP contribution < -0.4 is 5.73 Å². The maximum atomic E-state index is 6.15. The average molecular weight is 261 g/mol. The van der Waals surface area contributed by atoms with Crippen molar-refractivity contribution in [1.82, 2.24) is 9.88 Å². The van der Waals surface area contributed by atoms with Gasteiger partial charge in [-0.25, -0.2) is 0 Å². The van der Waals surface area contributed by atoms with E-state index in [1.54, 1.807) is 0 Å². The Bertz CT molecular complexity index is 356. The molecule has 19 heavy (non-hydrogen) atoms. The van der Waals surface area contributed by atoms with Gasteiger partial charge in [-0.15, -0.1) is 0 Å². The van der Waals surface area contributed by atoms with E-state index in [2.05, 4.69) is 29.1 Å². The average Bonchev–Trinajstić information content (AvgIpc) is 2.40. The van der Waals surface area contributed by atoms with Crippen molar-refractivity contribution in [3.8, 4) is 0 Å². The lowest BCUT2D eigenvalue weighted by atomic mass is 9.82. The fourth-order valence-corrected chi connectivity index (χ4v) is 3.21. The molecule has 0 saturated heterocycles. The van der Waals surface area contributed by atoms with Gasteiger partial charge in [0.25, 0.3) is 0 Å². The summed E-state index contributed by atoms with van der Waals surface area (Å²) < 4.78 is 0. The van der Waals surface area contributed by atoms with Gasteiger partial charge in [-0.2, -0.15) is 0 Å².